The van der Waals surface area contributed by atoms with Gasteiger partial charge in [0.25, 0.3) is 0 Å². The van der Waals surface area contributed by atoms with Crippen LogP contribution in [0.3, 0.4) is 0 Å². The van der Waals surface area contributed by atoms with Gasteiger partial charge >= 0.3 is 5.97 Å². The van der Waals surface area contributed by atoms with Crippen molar-refractivity contribution in [3.05, 3.63) is 29.3 Å². The largest absolute Gasteiger partial charge is 0.465 e. The molecular weight excluding hydrogens is 272 g/mol. The molecule has 0 aliphatic carbocycles. The summed E-state index contributed by atoms with van der Waals surface area (Å²) in [6.07, 6.45) is 0.0950. The van der Waals surface area contributed by atoms with E-state index < -0.39 is 5.97 Å². The first-order chi connectivity index (χ1) is 10.1. The van der Waals surface area contributed by atoms with Gasteiger partial charge in [0.05, 0.1) is 32.0 Å². The maximum atomic E-state index is 11.7. The zero-order chi connectivity index (χ0) is 15.2. The molecule has 21 heavy (non-hydrogen) atoms. The third kappa shape index (κ3) is 4.17. The highest BCUT2D eigenvalue weighted by Gasteiger charge is 2.21. The third-order valence-electron chi connectivity index (χ3n) is 3.50. The Morgan fingerprint density at radius 2 is 2.29 bits per heavy atom. The highest BCUT2D eigenvalue weighted by atomic mass is 16.5. The summed E-state index contributed by atoms with van der Waals surface area (Å²) in [4.78, 5) is 13.9. The Kier molecular flexibility index (Phi) is 5.55. The average Bonchev–Trinajstić information content (AvgIpc) is 2.49. The van der Waals surface area contributed by atoms with Crippen molar-refractivity contribution < 1.29 is 19.0 Å². The van der Waals surface area contributed by atoms with Gasteiger partial charge in [-0.05, 0) is 17.7 Å². The van der Waals surface area contributed by atoms with Crippen molar-refractivity contribution in [1.29, 1.82) is 0 Å². The minimum atomic E-state index is -0.409. The van der Waals surface area contributed by atoms with Crippen LogP contribution in [0.2, 0.25) is 0 Å². The Labute approximate surface area is 124 Å². The molecule has 0 unspecified atom stereocenters. The minimum absolute atomic E-state index is 0.0950. The molecular formula is C15H22N2O4. The number of carbonyl (C=O) groups is 1. The van der Waals surface area contributed by atoms with Crippen LogP contribution in [-0.2, 0) is 20.8 Å². The van der Waals surface area contributed by atoms with E-state index in [1.807, 2.05) is 6.07 Å². The Hall–Kier alpha value is -1.63. The molecule has 0 aromatic heterocycles. The number of esters is 1. The molecule has 6 nitrogen and oxygen atoms in total. The zero-order valence-corrected chi connectivity index (χ0v) is 12.5. The summed E-state index contributed by atoms with van der Waals surface area (Å²) in [7, 11) is 3.02. The second-order valence-electron chi connectivity index (χ2n) is 5.10. The molecule has 116 valence electrons. The molecule has 1 fully saturated rings. The lowest BCUT2D eigenvalue weighted by atomic mass is 10.1. The average molecular weight is 294 g/mol. The Bertz CT molecular complexity index is 491. The monoisotopic (exact) mass is 294 g/mol. The summed E-state index contributed by atoms with van der Waals surface area (Å²) in [5, 5.41) is 0. The quantitative estimate of drug-likeness (QED) is 0.642. The van der Waals surface area contributed by atoms with Crippen LogP contribution in [0.4, 0.5) is 5.69 Å². The number of ether oxygens (including phenoxy) is 3. The van der Waals surface area contributed by atoms with Crippen molar-refractivity contribution >= 4 is 11.7 Å². The van der Waals surface area contributed by atoms with Crippen molar-refractivity contribution in [1.82, 2.24) is 4.90 Å². The van der Waals surface area contributed by atoms with E-state index >= 15 is 0 Å². The van der Waals surface area contributed by atoms with Gasteiger partial charge in [-0.15, -0.1) is 0 Å². The molecule has 1 aromatic carbocycles. The smallest absolute Gasteiger partial charge is 0.339 e. The van der Waals surface area contributed by atoms with Crippen molar-refractivity contribution in [3.8, 4) is 0 Å². The van der Waals surface area contributed by atoms with E-state index in [0.717, 1.165) is 25.2 Å². The Morgan fingerprint density at radius 3 is 3.00 bits per heavy atom. The molecule has 0 radical (unpaired) electrons. The number of nitrogens with two attached hydrogens (primary N) is 1. The fourth-order valence-electron chi connectivity index (χ4n) is 2.46. The van der Waals surface area contributed by atoms with E-state index in [1.165, 1.54) is 7.11 Å². The van der Waals surface area contributed by atoms with Crippen LogP contribution >= 0.6 is 0 Å². The summed E-state index contributed by atoms with van der Waals surface area (Å²) < 4.78 is 15.5. The number of hydrogen-bond donors (Lipinski definition) is 1. The molecule has 1 aromatic rings. The van der Waals surface area contributed by atoms with Crippen molar-refractivity contribution in [2.75, 3.05) is 46.3 Å². The highest BCUT2D eigenvalue weighted by molar-refractivity contribution is 5.95. The van der Waals surface area contributed by atoms with Gasteiger partial charge in [-0.1, -0.05) is 6.07 Å². The normalized spacial score (nSPS) is 19.4. The molecule has 1 aliphatic rings. The van der Waals surface area contributed by atoms with Crippen molar-refractivity contribution in [2.24, 2.45) is 0 Å². The number of hydrogen-bond acceptors (Lipinski definition) is 6. The maximum Gasteiger partial charge on any atom is 0.339 e. The van der Waals surface area contributed by atoms with E-state index in [-0.39, 0.29) is 6.10 Å². The summed E-state index contributed by atoms with van der Waals surface area (Å²) in [6, 6.07) is 5.47. The SMILES string of the molecule is COC[C@@H]1CN(Cc2ccc(N)c(C(=O)OC)c2)CCO1. The summed E-state index contributed by atoms with van der Waals surface area (Å²) in [6.45, 7) is 3.69. The van der Waals surface area contributed by atoms with Crippen molar-refractivity contribution in [2.45, 2.75) is 12.6 Å². The summed E-state index contributed by atoms with van der Waals surface area (Å²) in [5.41, 5.74) is 7.69. The van der Waals surface area contributed by atoms with Crippen LogP contribution in [0, 0.1) is 0 Å². The highest BCUT2D eigenvalue weighted by Crippen LogP contribution is 2.18. The molecule has 0 bridgehead atoms. The van der Waals surface area contributed by atoms with Crippen LogP contribution in [0.1, 0.15) is 15.9 Å². The molecule has 6 heteroatoms. The molecule has 1 saturated heterocycles. The van der Waals surface area contributed by atoms with E-state index in [9.17, 15) is 4.79 Å². The fraction of sp³-hybridized carbons (Fsp3) is 0.533. The first-order valence-electron chi connectivity index (χ1n) is 6.93. The van der Waals surface area contributed by atoms with Crippen LogP contribution in [-0.4, -0.2) is 57.5 Å². The van der Waals surface area contributed by atoms with Gasteiger partial charge in [-0.2, -0.15) is 0 Å². The van der Waals surface area contributed by atoms with Gasteiger partial charge in [0.1, 0.15) is 0 Å². The second-order valence-corrected chi connectivity index (χ2v) is 5.10. The van der Waals surface area contributed by atoms with Gasteiger partial charge in [0.2, 0.25) is 0 Å². The van der Waals surface area contributed by atoms with E-state index in [1.54, 1.807) is 19.2 Å². The van der Waals surface area contributed by atoms with Crippen LogP contribution < -0.4 is 5.73 Å². The van der Waals surface area contributed by atoms with Gasteiger partial charge < -0.3 is 19.9 Å². The van der Waals surface area contributed by atoms with Gasteiger partial charge in [-0.25, -0.2) is 4.79 Å². The van der Waals surface area contributed by atoms with Crippen LogP contribution in [0.5, 0.6) is 0 Å². The number of nitrogen functional groups attached to an aromatic ring is 1. The summed E-state index contributed by atoms with van der Waals surface area (Å²) >= 11 is 0. The van der Waals surface area contributed by atoms with E-state index in [4.69, 9.17) is 19.9 Å². The Balaban J connectivity index is 2.04. The third-order valence-corrected chi connectivity index (χ3v) is 3.50. The first-order valence-corrected chi connectivity index (χ1v) is 6.93. The van der Waals surface area contributed by atoms with Gasteiger partial charge in [-0.3, -0.25) is 4.90 Å². The maximum absolute atomic E-state index is 11.7. The molecule has 2 N–H and O–H groups in total. The number of anilines is 1. The molecule has 1 atom stereocenters. The second kappa shape index (κ2) is 7.40. The number of morpholine rings is 1. The lowest BCUT2D eigenvalue weighted by Gasteiger charge is -2.32. The van der Waals surface area contributed by atoms with Gasteiger partial charge in [0, 0.05) is 32.4 Å². The van der Waals surface area contributed by atoms with Crippen molar-refractivity contribution in [3.63, 3.8) is 0 Å². The minimum Gasteiger partial charge on any atom is -0.465 e. The molecule has 0 spiro atoms. The molecule has 0 saturated carbocycles. The zero-order valence-electron chi connectivity index (χ0n) is 12.5. The standard InChI is InChI=1S/C15H22N2O4/c1-19-10-12-9-17(5-6-21-12)8-11-3-4-14(16)13(7-11)15(18)20-2/h3-4,7,12H,5-6,8-10,16H2,1-2H3/t12-/m0/s1. The number of rotatable bonds is 5. The fourth-order valence-corrected chi connectivity index (χ4v) is 2.46. The Morgan fingerprint density at radius 1 is 1.48 bits per heavy atom. The van der Waals surface area contributed by atoms with Gasteiger partial charge in [0.15, 0.2) is 0 Å². The molecule has 0 amide bonds. The predicted molar refractivity (Wildman–Crippen MR) is 79.1 cm³/mol. The number of benzene rings is 1. The van der Waals surface area contributed by atoms with Crippen LogP contribution in [0.15, 0.2) is 18.2 Å². The van der Waals surface area contributed by atoms with Crippen LogP contribution in [0.25, 0.3) is 0 Å². The number of methoxy groups -OCH3 is 2. The van der Waals surface area contributed by atoms with E-state index in [2.05, 4.69) is 4.90 Å². The number of nitrogens with zero attached hydrogens (tertiary/aromatic N) is 1. The summed E-state index contributed by atoms with van der Waals surface area (Å²) in [5.74, 6) is -0.409. The molecule has 1 heterocycles. The molecule has 1 aliphatic heterocycles. The topological polar surface area (TPSA) is 74.0 Å². The first kappa shape index (κ1) is 15.8. The lowest BCUT2D eigenvalue weighted by molar-refractivity contribution is -0.0631. The lowest BCUT2D eigenvalue weighted by Crippen LogP contribution is -2.43. The van der Waals surface area contributed by atoms with E-state index in [0.29, 0.717) is 24.5 Å². The number of carbonyl (C=O) groups excluding carboxylic acids is 1. The molecule has 2 rings (SSSR count). The predicted octanol–water partition coefficient (Wildman–Crippen LogP) is 0.903.